The highest BCUT2D eigenvalue weighted by Gasteiger charge is 2.29. The van der Waals surface area contributed by atoms with E-state index in [-0.39, 0.29) is 29.0 Å². The molecule has 0 unspecified atom stereocenters. The van der Waals surface area contributed by atoms with E-state index in [1.165, 1.54) is 0 Å². The van der Waals surface area contributed by atoms with Crippen molar-refractivity contribution in [1.82, 2.24) is 4.37 Å². The molecule has 148 valence electrons. The standard InChI is InChI=1S/C22H20N2O4S/c1-12(2)19-18(21(25)26)20(29-24-19)23-22(27)28-11-17-15-9-5-3-7-13(15)14-8-4-6-10-16(14)17/h3-10,12,17H,11H2,1-2H3,(H,23,27)(H,25,26). The van der Waals surface area contributed by atoms with E-state index in [2.05, 4.69) is 21.8 Å². The molecule has 3 aromatic rings. The van der Waals surface area contributed by atoms with Gasteiger partial charge in [-0.2, -0.15) is 4.37 Å². The van der Waals surface area contributed by atoms with Crippen LogP contribution in [-0.4, -0.2) is 28.1 Å². The molecule has 0 saturated carbocycles. The highest BCUT2D eigenvalue weighted by molar-refractivity contribution is 7.11. The van der Waals surface area contributed by atoms with E-state index < -0.39 is 12.1 Å². The summed E-state index contributed by atoms with van der Waals surface area (Å²) in [6.07, 6.45) is -0.687. The van der Waals surface area contributed by atoms with Gasteiger partial charge in [-0.3, -0.25) is 5.32 Å². The Morgan fingerprint density at radius 2 is 1.69 bits per heavy atom. The third-order valence-electron chi connectivity index (χ3n) is 5.04. The number of hydrogen-bond donors (Lipinski definition) is 2. The molecule has 0 aliphatic heterocycles. The van der Waals surface area contributed by atoms with Gasteiger partial charge in [-0.1, -0.05) is 62.4 Å². The van der Waals surface area contributed by atoms with Crippen LogP contribution in [0.3, 0.4) is 0 Å². The molecular formula is C22H20N2O4S. The molecule has 2 N–H and O–H groups in total. The molecule has 1 amide bonds. The first kappa shape index (κ1) is 19.1. The number of benzene rings is 2. The Hall–Kier alpha value is -3.19. The van der Waals surface area contributed by atoms with Gasteiger partial charge in [0.1, 0.15) is 17.2 Å². The van der Waals surface area contributed by atoms with Crippen molar-refractivity contribution in [2.24, 2.45) is 0 Å². The van der Waals surface area contributed by atoms with E-state index in [0.717, 1.165) is 33.8 Å². The average Bonchev–Trinajstić information content (AvgIpc) is 3.26. The second-order valence-corrected chi connectivity index (χ2v) is 7.96. The lowest BCUT2D eigenvalue weighted by Gasteiger charge is -2.14. The number of nitrogens with zero attached hydrogens (tertiary/aromatic N) is 1. The van der Waals surface area contributed by atoms with Crippen molar-refractivity contribution in [3.05, 3.63) is 70.9 Å². The lowest BCUT2D eigenvalue weighted by Crippen LogP contribution is -2.18. The van der Waals surface area contributed by atoms with Gasteiger partial charge in [-0.25, -0.2) is 9.59 Å². The summed E-state index contributed by atoms with van der Waals surface area (Å²) < 4.78 is 9.66. The average molecular weight is 408 g/mol. The van der Waals surface area contributed by atoms with Crippen molar-refractivity contribution in [3.63, 3.8) is 0 Å². The zero-order chi connectivity index (χ0) is 20.5. The lowest BCUT2D eigenvalue weighted by molar-refractivity contribution is 0.0696. The van der Waals surface area contributed by atoms with E-state index in [9.17, 15) is 14.7 Å². The summed E-state index contributed by atoms with van der Waals surface area (Å²) in [5.41, 5.74) is 5.01. The monoisotopic (exact) mass is 408 g/mol. The lowest BCUT2D eigenvalue weighted by atomic mass is 9.98. The van der Waals surface area contributed by atoms with Gasteiger partial charge in [0.25, 0.3) is 0 Å². The van der Waals surface area contributed by atoms with Gasteiger partial charge < -0.3 is 9.84 Å². The minimum atomic E-state index is -1.11. The van der Waals surface area contributed by atoms with Crippen molar-refractivity contribution in [2.75, 3.05) is 11.9 Å². The molecule has 1 heterocycles. The molecule has 29 heavy (non-hydrogen) atoms. The van der Waals surface area contributed by atoms with Crippen LogP contribution in [0, 0.1) is 0 Å². The molecule has 2 aromatic carbocycles. The van der Waals surface area contributed by atoms with E-state index in [4.69, 9.17) is 4.74 Å². The minimum Gasteiger partial charge on any atom is -0.478 e. The Morgan fingerprint density at radius 1 is 1.10 bits per heavy atom. The number of ether oxygens (including phenoxy) is 1. The quantitative estimate of drug-likeness (QED) is 0.596. The van der Waals surface area contributed by atoms with Crippen LogP contribution in [0.1, 0.15) is 52.9 Å². The van der Waals surface area contributed by atoms with Crippen LogP contribution in [0.25, 0.3) is 11.1 Å². The Morgan fingerprint density at radius 3 is 2.24 bits per heavy atom. The third-order valence-corrected chi connectivity index (χ3v) is 5.82. The van der Waals surface area contributed by atoms with Crippen LogP contribution in [0.15, 0.2) is 48.5 Å². The second-order valence-electron chi connectivity index (χ2n) is 7.18. The van der Waals surface area contributed by atoms with E-state index in [0.29, 0.717) is 5.69 Å². The van der Waals surface area contributed by atoms with Crippen LogP contribution in [0.4, 0.5) is 9.80 Å². The first-order valence-corrected chi connectivity index (χ1v) is 10.1. The maximum absolute atomic E-state index is 12.4. The van der Waals surface area contributed by atoms with Gasteiger partial charge in [0.2, 0.25) is 0 Å². The van der Waals surface area contributed by atoms with E-state index in [1.54, 1.807) is 0 Å². The predicted molar refractivity (Wildman–Crippen MR) is 112 cm³/mol. The topological polar surface area (TPSA) is 88.5 Å². The van der Waals surface area contributed by atoms with Crippen LogP contribution in [-0.2, 0) is 4.74 Å². The van der Waals surface area contributed by atoms with Crippen molar-refractivity contribution in [2.45, 2.75) is 25.7 Å². The van der Waals surface area contributed by atoms with E-state index in [1.807, 2.05) is 50.2 Å². The minimum absolute atomic E-state index is 0.0264. The van der Waals surface area contributed by atoms with Crippen molar-refractivity contribution in [3.8, 4) is 11.1 Å². The molecule has 0 bridgehead atoms. The number of hydrogen-bond acceptors (Lipinski definition) is 5. The van der Waals surface area contributed by atoms with Crippen molar-refractivity contribution >= 4 is 28.6 Å². The zero-order valence-electron chi connectivity index (χ0n) is 16.0. The summed E-state index contributed by atoms with van der Waals surface area (Å²) in [5, 5.41) is 12.2. The second kappa shape index (κ2) is 7.67. The predicted octanol–water partition coefficient (Wildman–Crippen LogP) is 5.33. The Kier molecular flexibility index (Phi) is 5.07. The number of fused-ring (bicyclic) bond motifs is 3. The number of aromatic nitrogens is 1. The van der Waals surface area contributed by atoms with Crippen LogP contribution >= 0.6 is 11.5 Å². The fourth-order valence-corrected chi connectivity index (χ4v) is 4.62. The Bertz CT molecular complexity index is 1040. The Balaban J connectivity index is 1.51. The van der Waals surface area contributed by atoms with Crippen molar-refractivity contribution < 1.29 is 19.4 Å². The van der Waals surface area contributed by atoms with Gasteiger partial charge in [0.15, 0.2) is 0 Å². The molecule has 1 aromatic heterocycles. The maximum Gasteiger partial charge on any atom is 0.412 e. The van der Waals surface area contributed by atoms with Crippen LogP contribution < -0.4 is 5.32 Å². The van der Waals surface area contributed by atoms with Gasteiger partial charge >= 0.3 is 12.1 Å². The number of amides is 1. The van der Waals surface area contributed by atoms with Gasteiger partial charge in [0, 0.05) is 5.92 Å². The molecule has 0 fully saturated rings. The molecule has 6 nitrogen and oxygen atoms in total. The first-order valence-electron chi connectivity index (χ1n) is 9.32. The number of carbonyl (C=O) groups excluding carboxylic acids is 1. The third kappa shape index (κ3) is 3.49. The summed E-state index contributed by atoms with van der Waals surface area (Å²) in [6, 6.07) is 16.2. The number of carboxylic acid groups (broad SMARTS) is 1. The van der Waals surface area contributed by atoms with Crippen LogP contribution in [0.5, 0.6) is 0 Å². The summed E-state index contributed by atoms with van der Waals surface area (Å²) >= 11 is 0.954. The first-order chi connectivity index (χ1) is 14.0. The number of anilines is 1. The van der Waals surface area contributed by atoms with Gasteiger partial charge in [0.05, 0.1) is 5.69 Å². The molecule has 1 aliphatic rings. The number of nitrogens with one attached hydrogen (secondary N) is 1. The fraction of sp³-hybridized carbons (Fsp3) is 0.227. The summed E-state index contributed by atoms with van der Waals surface area (Å²) in [6.45, 7) is 3.88. The number of rotatable bonds is 5. The van der Waals surface area contributed by atoms with Crippen molar-refractivity contribution in [1.29, 1.82) is 0 Å². The largest absolute Gasteiger partial charge is 0.478 e. The summed E-state index contributed by atoms with van der Waals surface area (Å²) in [7, 11) is 0. The van der Waals surface area contributed by atoms with Gasteiger partial charge in [-0.05, 0) is 39.7 Å². The molecule has 0 saturated heterocycles. The number of aromatic carboxylic acids is 1. The smallest absolute Gasteiger partial charge is 0.412 e. The van der Waals surface area contributed by atoms with Crippen LogP contribution in [0.2, 0.25) is 0 Å². The molecule has 1 aliphatic carbocycles. The summed E-state index contributed by atoms with van der Waals surface area (Å²) in [4.78, 5) is 24.0. The summed E-state index contributed by atoms with van der Waals surface area (Å²) in [5.74, 6) is -1.23. The Labute approximate surface area is 172 Å². The number of carboxylic acids is 1. The maximum atomic E-state index is 12.4. The molecule has 7 heteroatoms. The van der Waals surface area contributed by atoms with Gasteiger partial charge in [-0.15, -0.1) is 0 Å². The molecule has 4 rings (SSSR count). The highest BCUT2D eigenvalue weighted by atomic mass is 32.1. The van der Waals surface area contributed by atoms with E-state index >= 15 is 0 Å². The fourth-order valence-electron chi connectivity index (χ4n) is 3.72. The molecule has 0 spiro atoms. The SMILES string of the molecule is CC(C)c1nsc(NC(=O)OCC2c3ccccc3-c3ccccc32)c1C(=O)O. The molecule has 0 radical (unpaired) electrons. The zero-order valence-corrected chi connectivity index (χ0v) is 16.8. The number of carbonyl (C=O) groups is 2. The molecular weight excluding hydrogens is 388 g/mol. The molecule has 0 atom stereocenters. The normalized spacial score (nSPS) is 12.5. The highest BCUT2D eigenvalue weighted by Crippen LogP contribution is 2.44.